The standard InChI is InChI=1S/C41H19F3N6/c42-41(43,44)29-14-26(22-47)13-27(17-29)34-19-37(49-35-7-3-1-5-30(35)32-11-9-24(20-45)15-38(32)49)28(23-48)18-40(34)50-36-8-4-2-6-31(36)33-12-10-25(21-46)16-39(33)50/h1-19H. The first kappa shape index (κ1) is 30.0. The molecule has 0 aliphatic heterocycles. The maximum atomic E-state index is 14.3. The first-order chi connectivity index (χ1) is 24.2. The molecule has 2 heterocycles. The molecule has 0 aliphatic rings. The topological polar surface area (TPSA) is 105 Å². The fourth-order valence-electron chi connectivity index (χ4n) is 6.88. The van der Waals surface area contributed by atoms with Crippen molar-refractivity contribution in [3.8, 4) is 46.8 Å². The maximum Gasteiger partial charge on any atom is 0.416 e. The number of alkyl halides is 3. The van der Waals surface area contributed by atoms with Crippen molar-refractivity contribution in [1.29, 1.82) is 21.0 Å². The van der Waals surface area contributed by atoms with Gasteiger partial charge in [0, 0.05) is 27.1 Å². The fraction of sp³-hybridized carbons (Fsp3) is 0.0244. The number of aromatic nitrogens is 2. The van der Waals surface area contributed by atoms with Crippen molar-refractivity contribution >= 4 is 43.6 Å². The van der Waals surface area contributed by atoms with Crippen molar-refractivity contribution < 1.29 is 13.2 Å². The quantitative estimate of drug-likeness (QED) is 0.189. The van der Waals surface area contributed by atoms with Crippen LogP contribution in [0.2, 0.25) is 0 Å². The van der Waals surface area contributed by atoms with Gasteiger partial charge in [-0.15, -0.1) is 0 Å². The second-order valence-electron chi connectivity index (χ2n) is 11.8. The van der Waals surface area contributed by atoms with Crippen molar-refractivity contribution in [1.82, 2.24) is 9.13 Å². The van der Waals surface area contributed by atoms with Crippen LogP contribution in [-0.2, 0) is 6.18 Å². The molecule has 0 amide bonds. The van der Waals surface area contributed by atoms with Crippen molar-refractivity contribution in [3.63, 3.8) is 0 Å². The maximum absolute atomic E-state index is 14.3. The van der Waals surface area contributed by atoms with Crippen LogP contribution < -0.4 is 0 Å². The lowest BCUT2D eigenvalue weighted by Gasteiger charge is -2.20. The van der Waals surface area contributed by atoms with E-state index in [-0.39, 0.29) is 16.7 Å². The third kappa shape index (κ3) is 4.54. The Morgan fingerprint density at radius 2 is 0.980 bits per heavy atom. The molecule has 0 aliphatic carbocycles. The zero-order valence-electron chi connectivity index (χ0n) is 25.8. The van der Waals surface area contributed by atoms with Crippen LogP contribution in [0, 0.1) is 45.3 Å². The van der Waals surface area contributed by atoms with Crippen molar-refractivity contribution in [2.75, 3.05) is 0 Å². The van der Waals surface area contributed by atoms with Gasteiger partial charge in [0.2, 0.25) is 0 Å². The average Bonchev–Trinajstić information content (AvgIpc) is 3.65. The summed E-state index contributed by atoms with van der Waals surface area (Å²) >= 11 is 0. The molecule has 0 N–H and O–H groups in total. The average molecular weight is 653 g/mol. The van der Waals surface area contributed by atoms with E-state index in [4.69, 9.17) is 0 Å². The SMILES string of the molecule is N#Cc1cc(-c2cc(-n3c4ccccc4c4ccc(C#N)cc43)c(C#N)cc2-n2c3ccccc3c3ccc(C#N)cc32)cc(C(F)(F)F)c1. The predicted octanol–water partition coefficient (Wildman–Crippen LogP) is 10.1. The van der Waals surface area contributed by atoms with E-state index in [2.05, 4.69) is 18.2 Å². The summed E-state index contributed by atoms with van der Waals surface area (Å²) in [6.45, 7) is 0. The lowest BCUT2D eigenvalue weighted by molar-refractivity contribution is -0.137. The number of hydrogen-bond donors (Lipinski definition) is 0. The molecule has 0 atom stereocenters. The fourth-order valence-corrected chi connectivity index (χ4v) is 6.88. The Bertz CT molecular complexity index is 2920. The lowest BCUT2D eigenvalue weighted by Crippen LogP contribution is -2.07. The lowest BCUT2D eigenvalue weighted by atomic mass is 9.95. The Hall–Kier alpha value is -7.33. The summed E-state index contributed by atoms with van der Waals surface area (Å²) in [6, 6.07) is 40.6. The molecule has 0 saturated carbocycles. The van der Waals surface area contributed by atoms with E-state index in [0.717, 1.165) is 39.2 Å². The number of nitrogens with zero attached hydrogens (tertiary/aromatic N) is 6. The molecule has 0 saturated heterocycles. The van der Waals surface area contributed by atoms with E-state index in [0.29, 0.717) is 44.6 Å². The predicted molar refractivity (Wildman–Crippen MR) is 184 cm³/mol. The summed E-state index contributed by atoms with van der Waals surface area (Å²) in [5.74, 6) is 0. The first-order valence-electron chi connectivity index (χ1n) is 15.3. The zero-order chi connectivity index (χ0) is 34.7. The number of para-hydroxylation sites is 2. The molecular weight excluding hydrogens is 633 g/mol. The number of halogens is 3. The van der Waals surface area contributed by atoms with E-state index in [1.807, 2.05) is 75.9 Å². The van der Waals surface area contributed by atoms with Gasteiger partial charge in [0.1, 0.15) is 6.07 Å². The van der Waals surface area contributed by atoms with Gasteiger partial charge >= 0.3 is 6.18 Å². The second-order valence-corrected chi connectivity index (χ2v) is 11.8. The van der Waals surface area contributed by atoms with E-state index in [1.54, 1.807) is 36.4 Å². The third-order valence-electron chi connectivity index (χ3n) is 9.02. The molecule has 9 heteroatoms. The molecule has 0 fully saturated rings. The molecule has 6 nitrogen and oxygen atoms in total. The van der Waals surface area contributed by atoms with Gasteiger partial charge in [-0.25, -0.2) is 0 Å². The molecule has 50 heavy (non-hydrogen) atoms. The number of rotatable bonds is 3. The van der Waals surface area contributed by atoms with Gasteiger partial charge in [-0.05, 0) is 72.3 Å². The van der Waals surface area contributed by atoms with Crippen LogP contribution >= 0.6 is 0 Å². The van der Waals surface area contributed by atoms with Gasteiger partial charge in [0.25, 0.3) is 0 Å². The second kappa shape index (κ2) is 11.1. The van der Waals surface area contributed by atoms with Crippen molar-refractivity contribution in [2.45, 2.75) is 6.18 Å². The molecule has 0 bridgehead atoms. The molecule has 6 aromatic carbocycles. The minimum atomic E-state index is -4.74. The van der Waals surface area contributed by atoms with Crippen molar-refractivity contribution in [3.05, 3.63) is 143 Å². The monoisotopic (exact) mass is 652 g/mol. The van der Waals surface area contributed by atoms with Gasteiger partial charge in [-0.1, -0.05) is 48.5 Å². The Balaban J connectivity index is 1.57. The number of fused-ring (bicyclic) bond motifs is 6. The Morgan fingerprint density at radius 1 is 0.460 bits per heavy atom. The number of nitriles is 4. The van der Waals surface area contributed by atoms with Gasteiger partial charge in [-0.2, -0.15) is 34.2 Å². The third-order valence-corrected chi connectivity index (χ3v) is 9.02. The molecule has 8 aromatic rings. The molecule has 0 spiro atoms. The highest BCUT2D eigenvalue weighted by Crippen LogP contribution is 2.42. The van der Waals surface area contributed by atoms with E-state index in [9.17, 15) is 34.2 Å². The van der Waals surface area contributed by atoms with Crippen LogP contribution in [0.15, 0.2) is 115 Å². The summed E-state index contributed by atoms with van der Waals surface area (Å²) in [7, 11) is 0. The van der Waals surface area contributed by atoms with Crippen LogP contribution in [0.5, 0.6) is 0 Å². The van der Waals surface area contributed by atoms with Gasteiger partial charge in [0.15, 0.2) is 0 Å². The molecule has 0 unspecified atom stereocenters. The minimum Gasteiger partial charge on any atom is -0.309 e. The summed E-state index contributed by atoms with van der Waals surface area (Å²) in [4.78, 5) is 0. The normalized spacial score (nSPS) is 11.4. The van der Waals surface area contributed by atoms with Crippen molar-refractivity contribution in [2.24, 2.45) is 0 Å². The largest absolute Gasteiger partial charge is 0.416 e. The summed E-state index contributed by atoms with van der Waals surface area (Å²) < 4.78 is 46.6. The highest BCUT2D eigenvalue weighted by atomic mass is 19.4. The molecular formula is C41H19F3N6. The van der Waals surface area contributed by atoms with Crippen LogP contribution in [0.4, 0.5) is 13.2 Å². The summed E-state index contributed by atoms with van der Waals surface area (Å²) in [5, 5.41) is 43.5. The van der Waals surface area contributed by atoms with E-state index in [1.165, 1.54) is 6.07 Å². The minimum absolute atomic E-state index is 0.109. The van der Waals surface area contributed by atoms with Crippen LogP contribution in [0.1, 0.15) is 27.8 Å². The first-order valence-corrected chi connectivity index (χ1v) is 15.3. The Morgan fingerprint density at radius 3 is 1.50 bits per heavy atom. The Kier molecular flexibility index (Phi) is 6.69. The molecule has 234 valence electrons. The zero-order valence-corrected chi connectivity index (χ0v) is 25.8. The molecule has 0 radical (unpaired) electrons. The smallest absolute Gasteiger partial charge is 0.309 e. The highest BCUT2D eigenvalue weighted by molar-refractivity contribution is 6.11. The van der Waals surface area contributed by atoms with Gasteiger partial charge in [0.05, 0.1) is 79.5 Å². The van der Waals surface area contributed by atoms with Gasteiger partial charge < -0.3 is 9.13 Å². The number of benzene rings is 6. The molecule has 2 aromatic heterocycles. The van der Waals surface area contributed by atoms with Crippen LogP contribution in [0.25, 0.3) is 66.1 Å². The van der Waals surface area contributed by atoms with Gasteiger partial charge in [-0.3, -0.25) is 0 Å². The summed E-state index contributed by atoms with van der Waals surface area (Å²) in [5.41, 5.74) is 3.68. The Labute approximate surface area is 282 Å². The number of hydrogen-bond acceptors (Lipinski definition) is 4. The van der Waals surface area contributed by atoms with Crippen LogP contribution in [0.3, 0.4) is 0 Å². The van der Waals surface area contributed by atoms with E-state index < -0.39 is 11.7 Å². The van der Waals surface area contributed by atoms with Crippen LogP contribution in [-0.4, -0.2) is 9.13 Å². The molecule has 8 rings (SSSR count). The summed E-state index contributed by atoms with van der Waals surface area (Å²) in [6.07, 6.45) is -4.74. The highest BCUT2D eigenvalue weighted by Gasteiger charge is 2.32. The van der Waals surface area contributed by atoms with E-state index >= 15 is 0 Å².